The molecule has 136 valence electrons. The average Bonchev–Trinajstić information content (AvgIpc) is 2.65. The first kappa shape index (κ1) is 19.3. The van der Waals surface area contributed by atoms with Crippen molar-refractivity contribution in [3.8, 4) is 0 Å². The van der Waals surface area contributed by atoms with E-state index in [1.54, 1.807) is 0 Å². The predicted octanol–water partition coefficient (Wildman–Crippen LogP) is 6.81. The third-order valence-electron chi connectivity index (χ3n) is 6.93. The first-order valence-corrected chi connectivity index (χ1v) is 10.9. The van der Waals surface area contributed by atoms with Crippen molar-refractivity contribution in [1.29, 1.82) is 0 Å². The van der Waals surface area contributed by atoms with Crippen LogP contribution in [-0.4, -0.2) is 24.0 Å². The summed E-state index contributed by atoms with van der Waals surface area (Å²) in [4.78, 5) is 2.86. The van der Waals surface area contributed by atoms with Crippen molar-refractivity contribution in [1.82, 2.24) is 4.90 Å². The Balaban J connectivity index is 2.00. The van der Waals surface area contributed by atoms with Crippen molar-refractivity contribution in [3.05, 3.63) is 0 Å². The summed E-state index contributed by atoms with van der Waals surface area (Å²) in [6, 6.07) is 1.67. The van der Waals surface area contributed by atoms with Gasteiger partial charge in [0, 0.05) is 12.1 Å². The van der Waals surface area contributed by atoms with E-state index in [2.05, 4.69) is 25.8 Å². The van der Waals surface area contributed by atoms with Crippen LogP contribution in [0.4, 0.5) is 0 Å². The fraction of sp³-hybridized carbons (Fsp3) is 1.00. The van der Waals surface area contributed by atoms with E-state index in [1.807, 2.05) is 0 Å². The summed E-state index contributed by atoms with van der Waals surface area (Å²) in [5, 5.41) is 0. The van der Waals surface area contributed by atoms with Crippen molar-refractivity contribution in [2.24, 2.45) is 11.8 Å². The topological polar surface area (TPSA) is 3.24 Å². The zero-order chi connectivity index (χ0) is 16.5. The van der Waals surface area contributed by atoms with Crippen molar-refractivity contribution in [2.45, 2.75) is 122 Å². The Bertz CT molecular complexity index is 300. The highest BCUT2D eigenvalue weighted by Crippen LogP contribution is 2.31. The van der Waals surface area contributed by atoms with E-state index in [0.29, 0.717) is 0 Å². The summed E-state index contributed by atoms with van der Waals surface area (Å²) >= 11 is 0. The van der Waals surface area contributed by atoms with Gasteiger partial charge in [0.05, 0.1) is 0 Å². The molecule has 0 aromatic rings. The summed E-state index contributed by atoms with van der Waals surface area (Å²) in [6.07, 6.45) is 22.0. The van der Waals surface area contributed by atoms with Crippen LogP contribution in [0.2, 0.25) is 0 Å². The van der Waals surface area contributed by atoms with E-state index in [9.17, 15) is 0 Å². The van der Waals surface area contributed by atoms with Gasteiger partial charge in [0.1, 0.15) is 0 Å². The maximum atomic E-state index is 2.86. The summed E-state index contributed by atoms with van der Waals surface area (Å²) in [5.74, 6) is 1.78. The van der Waals surface area contributed by atoms with Gasteiger partial charge < -0.3 is 0 Å². The van der Waals surface area contributed by atoms with Crippen molar-refractivity contribution >= 4 is 0 Å². The van der Waals surface area contributed by atoms with Gasteiger partial charge in [-0.25, -0.2) is 0 Å². The van der Waals surface area contributed by atoms with Gasteiger partial charge in [-0.1, -0.05) is 84.5 Å². The van der Waals surface area contributed by atoms with Crippen molar-refractivity contribution in [2.75, 3.05) is 7.05 Å². The predicted molar refractivity (Wildman–Crippen MR) is 103 cm³/mol. The standard InChI is InChI=1S/C22H43N/c1-19-15-11-7-4-5-9-13-17-21(19)23(3)22-18-14-10-6-8-12-16-20(22)2/h19-22H,4-18H2,1-3H3. The van der Waals surface area contributed by atoms with Crippen LogP contribution in [0, 0.1) is 11.8 Å². The van der Waals surface area contributed by atoms with Crippen LogP contribution in [-0.2, 0) is 0 Å². The monoisotopic (exact) mass is 321 g/mol. The molecule has 0 saturated heterocycles. The molecule has 0 amide bonds. The van der Waals surface area contributed by atoms with Crippen molar-refractivity contribution in [3.63, 3.8) is 0 Å². The lowest BCUT2D eigenvalue weighted by Crippen LogP contribution is -2.46. The molecular weight excluding hydrogens is 278 g/mol. The number of nitrogens with zero attached hydrogens (tertiary/aromatic N) is 1. The Morgan fingerprint density at radius 3 is 1.17 bits per heavy atom. The van der Waals surface area contributed by atoms with Crippen LogP contribution < -0.4 is 0 Å². The van der Waals surface area contributed by atoms with Crippen LogP contribution >= 0.6 is 0 Å². The third-order valence-corrected chi connectivity index (χ3v) is 6.93. The second-order valence-electron chi connectivity index (χ2n) is 8.80. The molecule has 0 heterocycles. The lowest BCUT2D eigenvalue weighted by atomic mass is 9.85. The molecule has 0 radical (unpaired) electrons. The largest absolute Gasteiger partial charge is 0.300 e. The fourth-order valence-electron chi connectivity index (χ4n) is 5.29. The quantitative estimate of drug-likeness (QED) is 0.540. The smallest absolute Gasteiger partial charge is 0.0121 e. The minimum atomic E-state index is 0.835. The van der Waals surface area contributed by atoms with Crippen LogP contribution in [0.25, 0.3) is 0 Å². The van der Waals surface area contributed by atoms with Gasteiger partial charge in [0.2, 0.25) is 0 Å². The second-order valence-corrected chi connectivity index (χ2v) is 8.80. The van der Waals surface area contributed by atoms with E-state index in [0.717, 1.165) is 23.9 Å². The van der Waals surface area contributed by atoms with Gasteiger partial charge in [-0.2, -0.15) is 0 Å². The lowest BCUT2D eigenvalue weighted by molar-refractivity contribution is 0.0735. The Morgan fingerprint density at radius 1 is 0.478 bits per heavy atom. The molecule has 4 unspecified atom stereocenters. The zero-order valence-corrected chi connectivity index (χ0v) is 16.4. The van der Waals surface area contributed by atoms with Gasteiger partial charge in [-0.3, -0.25) is 4.90 Å². The Kier molecular flexibility index (Phi) is 9.01. The molecule has 2 fully saturated rings. The molecule has 0 aliphatic heterocycles. The maximum Gasteiger partial charge on any atom is 0.0121 e. The van der Waals surface area contributed by atoms with E-state index >= 15 is 0 Å². The molecule has 2 rings (SSSR count). The molecule has 23 heavy (non-hydrogen) atoms. The highest BCUT2D eigenvalue weighted by atomic mass is 15.2. The minimum Gasteiger partial charge on any atom is -0.300 e. The van der Waals surface area contributed by atoms with Gasteiger partial charge in [0.15, 0.2) is 0 Å². The van der Waals surface area contributed by atoms with Crippen LogP contribution in [0.3, 0.4) is 0 Å². The SMILES string of the molecule is CC1CCCCCCCCC1N(C)C1CCCCCCCC1C. The van der Waals surface area contributed by atoms with Gasteiger partial charge in [0.25, 0.3) is 0 Å². The number of rotatable bonds is 2. The number of hydrogen-bond donors (Lipinski definition) is 0. The summed E-state index contributed by atoms with van der Waals surface area (Å²) < 4.78 is 0. The average molecular weight is 322 g/mol. The highest BCUT2D eigenvalue weighted by Gasteiger charge is 2.30. The van der Waals surface area contributed by atoms with Crippen LogP contribution in [0.15, 0.2) is 0 Å². The molecule has 4 atom stereocenters. The molecule has 2 aliphatic rings. The molecule has 0 N–H and O–H groups in total. The Morgan fingerprint density at radius 2 is 0.783 bits per heavy atom. The Labute approximate surface area is 146 Å². The molecule has 0 spiro atoms. The maximum absolute atomic E-state index is 2.86. The first-order valence-electron chi connectivity index (χ1n) is 10.9. The molecule has 0 bridgehead atoms. The molecule has 0 aromatic heterocycles. The van der Waals surface area contributed by atoms with E-state index in [1.165, 1.54) is 96.3 Å². The molecule has 0 aromatic carbocycles. The van der Waals surface area contributed by atoms with Gasteiger partial charge in [-0.15, -0.1) is 0 Å². The third kappa shape index (κ3) is 6.40. The van der Waals surface area contributed by atoms with E-state index < -0.39 is 0 Å². The molecule has 2 aliphatic carbocycles. The van der Waals surface area contributed by atoms with E-state index in [4.69, 9.17) is 0 Å². The first-order chi connectivity index (χ1) is 11.2. The summed E-state index contributed by atoms with van der Waals surface area (Å²) in [7, 11) is 2.48. The Hall–Kier alpha value is -0.0400. The molecule has 1 nitrogen and oxygen atoms in total. The summed E-state index contributed by atoms with van der Waals surface area (Å²) in [6.45, 7) is 5.08. The molecule has 1 heteroatoms. The second kappa shape index (κ2) is 10.7. The van der Waals surface area contributed by atoms with Crippen LogP contribution in [0.1, 0.15) is 110 Å². The van der Waals surface area contributed by atoms with Gasteiger partial charge in [-0.05, 0) is 44.6 Å². The van der Waals surface area contributed by atoms with E-state index in [-0.39, 0.29) is 0 Å². The molecular formula is C22H43N. The highest BCUT2D eigenvalue weighted by molar-refractivity contribution is 4.84. The minimum absolute atomic E-state index is 0.835. The van der Waals surface area contributed by atoms with Crippen LogP contribution in [0.5, 0.6) is 0 Å². The number of hydrogen-bond acceptors (Lipinski definition) is 1. The lowest BCUT2D eigenvalue weighted by Gasteiger charge is -2.41. The van der Waals surface area contributed by atoms with Crippen molar-refractivity contribution < 1.29 is 0 Å². The molecule has 2 saturated carbocycles. The zero-order valence-electron chi connectivity index (χ0n) is 16.4. The summed E-state index contributed by atoms with van der Waals surface area (Å²) in [5.41, 5.74) is 0. The van der Waals surface area contributed by atoms with Gasteiger partial charge >= 0.3 is 0 Å². The fourth-order valence-corrected chi connectivity index (χ4v) is 5.29. The normalized spacial score (nSPS) is 36.0.